The number of hydrogen-bond donors (Lipinski definition) is 1. The third-order valence-corrected chi connectivity index (χ3v) is 4.53. The number of rotatable bonds is 5. The van der Waals surface area contributed by atoms with Gasteiger partial charge in [-0.1, -0.05) is 31.6 Å². The maximum Gasteiger partial charge on any atom is 0.162 e. The van der Waals surface area contributed by atoms with Crippen LogP contribution < -0.4 is 9.47 Å². The van der Waals surface area contributed by atoms with Crippen LogP contribution in [-0.4, -0.2) is 32.4 Å². The van der Waals surface area contributed by atoms with Gasteiger partial charge < -0.3 is 14.6 Å². The molecular formula is C20H25NO3Si. The minimum atomic E-state index is -1.56. The van der Waals surface area contributed by atoms with E-state index in [9.17, 15) is 5.11 Å². The summed E-state index contributed by atoms with van der Waals surface area (Å²) >= 11 is 0. The molecule has 1 aromatic heterocycles. The van der Waals surface area contributed by atoms with Gasteiger partial charge in [-0.05, 0) is 18.6 Å². The summed E-state index contributed by atoms with van der Waals surface area (Å²) in [6, 6.07) is 5.62. The molecule has 1 heterocycles. The number of ether oxygens (including phenoxy) is 2. The molecule has 5 heteroatoms. The number of pyridine rings is 1. The second-order valence-corrected chi connectivity index (χ2v) is 11.6. The lowest BCUT2D eigenvalue weighted by Gasteiger charge is -2.14. The summed E-state index contributed by atoms with van der Waals surface area (Å²) in [5.74, 6) is 4.43. The van der Waals surface area contributed by atoms with Crippen LogP contribution in [0.1, 0.15) is 23.8 Å². The van der Waals surface area contributed by atoms with Crippen molar-refractivity contribution in [3.63, 3.8) is 0 Å². The number of benzene rings is 1. The van der Waals surface area contributed by atoms with Crippen LogP contribution in [0.4, 0.5) is 0 Å². The highest BCUT2D eigenvalue weighted by Crippen LogP contribution is 2.33. The Hall–Kier alpha value is -2.29. The van der Waals surface area contributed by atoms with Crippen molar-refractivity contribution < 1.29 is 14.6 Å². The number of aliphatic hydroxyl groups is 1. The highest BCUT2D eigenvalue weighted by molar-refractivity contribution is 6.83. The van der Waals surface area contributed by atoms with E-state index in [1.807, 2.05) is 18.2 Å². The van der Waals surface area contributed by atoms with E-state index in [4.69, 9.17) is 9.47 Å². The Labute approximate surface area is 150 Å². The van der Waals surface area contributed by atoms with Gasteiger partial charge in [-0.3, -0.25) is 0 Å². The average molecular weight is 356 g/mol. The van der Waals surface area contributed by atoms with Crippen molar-refractivity contribution in [3.05, 3.63) is 42.1 Å². The molecule has 0 saturated heterocycles. The van der Waals surface area contributed by atoms with Gasteiger partial charge in [-0.25, -0.2) is 4.98 Å². The minimum Gasteiger partial charge on any atom is -0.493 e. The van der Waals surface area contributed by atoms with E-state index in [1.165, 1.54) is 0 Å². The lowest BCUT2D eigenvalue weighted by molar-refractivity contribution is 0.181. The van der Waals surface area contributed by atoms with Crippen molar-refractivity contribution in [2.24, 2.45) is 0 Å². The molecule has 25 heavy (non-hydrogen) atoms. The maximum atomic E-state index is 10.5. The van der Waals surface area contributed by atoms with Gasteiger partial charge in [-0.2, -0.15) is 0 Å². The number of aromatic nitrogens is 1. The van der Waals surface area contributed by atoms with Crippen LogP contribution in [0, 0.1) is 11.5 Å². The van der Waals surface area contributed by atoms with Gasteiger partial charge >= 0.3 is 0 Å². The molecule has 0 amide bonds. The van der Waals surface area contributed by atoms with Gasteiger partial charge in [0.2, 0.25) is 0 Å². The Morgan fingerprint density at radius 3 is 2.40 bits per heavy atom. The molecule has 0 spiro atoms. The Kier molecular flexibility index (Phi) is 5.88. The summed E-state index contributed by atoms with van der Waals surface area (Å²) in [7, 11) is 1.63. The third-order valence-electron chi connectivity index (χ3n) is 3.65. The van der Waals surface area contributed by atoms with E-state index in [0.717, 1.165) is 10.9 Å². The monoisotopic (exact) mass is 355 g/mol. The van der Waals surface area contributed by atoms with Crippen molar-refractivity contribution in [2.75, 3.05) is 14.2 Å². The van der Waals surface area contributed by atoms with Gasteiger partial charge in [0.1, 0.15) is 13.8 Å². The summed E-state index contributed by atoms with van der Waals surface area (Å²) in [6.45, 7) is 10.2. The van der Waals surface area contributed by atoms with E-state index in [-0.39, 0.29) is 0 Å². The molecule has 0 aliphatic carbocycles. The fraction of sp³-hybridized carbons (Fsp3) is 0.350. The Balaban J connectivity index is 2.71. The summed E-state index contributed by atoms with van der Waals surface area (Å²) in [4.78, 5) is 4.68. The molecular weight excluding hydrogens is 330 g/mol. The predicted molar refractivity (Wildman–Crippen MR) is 105 cm³/mol. The second kappa shape index (κ2) is 7.73. The molecule has 1 aromatic carbocycles. The zero-order chi connectivity index (χ0) is 18.6. The van der Waals surface area contributed by atoms with E-state index < -0.39 is 14.2 Å². The highest BCUT2D eigenvalue weighted by Gasteiger charge is 2.16. The van der Waals surface area contributed by atoms with Crippen LogP contribution in [0.2, 0.25) is 19.6 Å². The van der Waals surface area contributed by atoms with Crippen LogP contribution in [0.15, 0.2) is 30.9 Å². The topological polar surface area (TPSA) is 51.6 Å². The largest absolute Gasteiger partial charge is 0.493 e. The summed E-state index contributed by atoms with van der Waals surface area (Å²) in [6.07, 6.45) is 1.45. The SMILES string of the molecule is C=CCC(O)c1cc2cc(OC)c(OC)cc2nc1C#C[Si](C)(C)C. The number of nitrogens with zero attached hydrogens (tertiary/aromatic N) is 1. The van der Waals surface area contributed by atoms with Crippen molar-refractivity contribution in [2.45, 2.75) is 32.2 Å². The van der Waals surface area contributed by atoms with Gasteiger partial charge in [0, 0.05) is 17.0 Å². The van der Waals surface area contributed by atoms with Crippen molar-refractivity contribution in [1.29, 1.82) is 0 Å². The molecule has 4 nitrogen and oxygen atoms in total. The first-order valence-electron chi connectivity index (χ1n) is 8.18. The van der Waals surface area contributed by atoms with Gasteiger partial charge in [0.05, 0.1) is 25.8 Å². The van der Waals surface area contributed by atoms with Crippen molar-refractivity contribution in [1.82, 2.24) is 4.98 Å². The molecule has 0 radical (unpaired) electrons. The van der Waals surface area contributed by atoms with Gasteiger partial charge in [0.15, 0.2) is 11.5 Å². The standard InChI is InChI=1S/C20H25NO3Si/c1-7-8-18(22)15-11-14-12-19(23-2)20(24-3)13-17(14)21-16(15)9-10-25(4,5)6/h7,11-13,18,22H,1,8H2,2-6H3. The Morgan fingerprint density at radius 2 is 1.84 bits per heavy atom. The summed E-state index contributed by atoms with van der Waals surface area (Å²) in [5, 5.41) is 11.4. The first-order chi connectivity index (χ1) is 11.8. The van der Waals surface area contributed by atoms with Crippen LogP contribution in [0.3, 0.4) is 0 Å². The number of methoxy groups -OCH3 is 2. The van der Waals surface area contributed by atoms with E-state index in [1.54, 1.807) is 20.3 Å². The number of fused-ring (bicyclic) bond motifs is 1. The molecule has 1 atom stereocenters. The lowest BCUT2D eigenvalue weighted by Crippen LogP contribution is -2.16. The molecule has 0 aliphatic heterocycles. The fourth-order valence-electron chi connectivity index (χ4n) is 2.40. The minimum absolute atomic E-state index is 0.447. The Bertz CT molecular complexity index is 844. The number of aliphatic hydroxyl groups excluding tert-OH is 1. The van der Waals surface area contributed by atoms with Gasteiger partial charge in [0.25, 0.3) is 0 Å². The summed E-state index contributed by atoms with van der Waals surface area (Å²) in [5.41, 5.74) is 5.40. The molecule has 132 valence electrons. The number of hydrogen-bond acceptors (Lipinski definition) is 4. The van der Waals surface area contributed by atoms with Crippen LogP contribution in [0.25, 0.3) is 10.9 Å². The van der Waals surface area contributed by atoms with E-state index in [0.29, 0.717) is 29.2 Å². The predicted octanol–water partition coefficient (Wildman–Crippen LogP) is 4.09. The molecule has 0 bridgehead atoms. The molecule has 0 fully saturated rings. The maximum absolute atomic E-state index is 10.5. The van der Waals surface area contributed by atoms with E-state index >= 15 is 0 Å². The van der Waals surface area contributed by atoms with Crippen LogP contribution >= 0.6 is 0 Å². The van der Waals surface area contributed by atoms with E-state index in [2.05, 4.69) is 42.7 Å². The first-order valence-corrected chi connectivity index (χ1v) is 11.7. The highest BCUT2D eigenvalue weighted by atomic mass is 28.3. The molecule has 1 N–H and O–H groups in total. The molecule has 1 unspecified atom stereocenters. The fourth-order valence-corrected chi connectivity index (χ4v) is 2.90. The molecule has 2 rings (SSSR count). The van der Waals surface area contributed by atoms with Crippen molar-refractivity contribution >= 4 is 19.0 Å². The zero-order valence-corrected chi connectivity index (χ0v) is 16.5. The smallest absolute Gasteiger partial charge is 0.162 e. The Morgan fingerprint density at radius 1 is 1.20 bits per heavy atom. The van der Waals surface area contributed by atoms with Crippen LogP contribution in [-0.2, 0) is 0 Å². The third kappa shape index (κ3) is 4.62. The average Bonchev–Trinajstić information content (AvgIpc) is 2.57. The summed E-state index contributed by atoms with van der Waals surface area (Å²) < 4.78 is 10.7. The first kappa shape index (κ1) is 19.0. The lowest BCUT2D eigenvalue weighted by atomic mass is 10.0. The quantitative estimate of drug-likeness (QED) is 0.499. The second-order valence-electron chi connectivity index (χ2n) is 6.87. The zero-order valence-electron chi connectivity index (χ0n) is 15.5. The molecule has 0 aliphatic rings. The van der Waals surface area contributed by atoms with Gasteiger partial charge in [-0.15, -0.1) is 12.1 Å². The molecule has 2 aromatic rings. The van der Waals surface area contributed by atoms with Crippen molar-refractivity contribution in [3.8, 4) is 23.0 Å². The van der Waals surface area contributed by atoms with Crippen LogP contribution in [0.5, 0.6) is 11.5 Å². The normalized spacial score (nSPS) is 12.2. The molecule has 0 saturated carbocycles.